The van der Waals surface area contributed by atoms with Crippen LogP contribution in [0.15, 0.2) is 75.9 Å². The maximum Gasteiger partial charge on any atom is 0.360 e. The Morgan fingerprint density at radius 1 is 0.880 bits per heavy atom. The standard InChI is InChI=1S/C20H13NO4/c22-16-8-7-14-10-17(20(24)25-18(14)11-16)21-19(23)15-6-5-12-3-1-2-4-13(12)9-15/h1-11,22H,(H,21,23). The summed E-state index contributed by atoms with van der Waals surface area (Å²) in [7, 11) is 0. The third-order valence-electron chi connectivity index (χ3n) is 3.98. The fourth-order valence-electron chi connectivity index (χ4n) is 2.71. The fraction of sp³-hybridized carbons (Fsp3) is 0. The van der Waals surface area contributed by atoms with Gasteiger partial charge in [0.15, 0.2) is 0 Å². The van der Waals surface area contributed by atoms with Crippen molar-refractivity contribution < 1.29 is 14.3 Å². The van der Waals surface area contributed by atoms with Crippen molar-refractivity contribution in [1.29, 1.82) is 0 Å². The maximum absolute atomic E-state index is 12.5. The predicted molar refractivity (Wildman–Crippen MR) is 96.0 cm³/mol. The lowest BCUT2D eigenvalue weighted by Crippen LogP contribution is -2.17. The number of phenolic OH excluding ortho intramolecular Hbond substituents is 1. The fourth-order valence-corrected chi connectivity index (χ4v) is 2.71. The van der Waals surface area contributed by atoms with E-state index in [0.717, 1.165) is 10.8 Å². The van der Waals surface area contributed by atoms with E-state index in [2.05, 4.69) is 5.32 Å². The van der Waals surface area contributed by atoms with Crippen LogP contribution in [0.1, 0.15) is 10.4 Å². The topological polar surface area (TPSA) is 79.5 Å². The Morgan fingerprint density at radius 2 is 1.64 bits per heavy atom. The molecule has 0 spiro atoms. The molecule has 0 aliphatic heterocycles. The molecule has 0 aliphatic carbocycles. The molecule has 0 fully saturated rings. The van der Waals surface area contributed by atoms with E-state index in [9.17, 15) is 14.7 Å². The van der Waals surface area contributed by atoms with Gasteiger partial charge in [0.1, 0.15) is 17.0 Å². The monoisotopic (exact) mass is 331 g/mol. The second-order valence-corrected chi connectivity index (χ2v) is 5.69. The van der Waals surface area contributed by atoms with Crippen LogP contribution in [0, 0.1) is 0 Å². The summed E-state index contributed by atoms with van der Waals surface area (Å²) in [6.07, 6.45) is 0. The molecule has 1 amide bonds. The van der Waals surface area contributed by atoms with Gasteiger partial charge in [-0.15, -0.1) is 0 Å². The molecule has 122 valence electrons. The van der Waals surface area contributed by atoms with E-state index in [4.69, 9.17) is 4.42 Å². The predicted octanol–water partition coefficient (Wildman–Crippen LogP) is 3.90. The normalized spacial score (nSPS) is 10.9. The summed E-state index contributed by atoms with van der Waals surface area (Å²) in [5.74, 6) is -0.389. The Morgan fingerprint density at radius 3 is 2.48 bits per heavy atom. The number of fused-ring (bicyclic) bond motifs is 2. The lowest BCUT2D eigenvalue weighted by Gasteiger charge is -2.06. The second-order valence-electron chi connectivity index (χ2n) is 5.69. The summed E-state index contributed by atoms with van der Waals surface area (Å²) in [4.78, 5) is 24.5. The number of amides is 1. The molecule has 0 saturated heterocycles. The van der Waals surface area contributed by atoms with Gasteiger partial charge >= 0.3 is 5.63 Å². The van der Waals surface area contributed by atoms with Crippen molar-refractivity contribution >= 4 is 33.3 Å². The lowest BCUT2D eigenvalue weighted by atomic mass is 10.1. The summed E-state index contributed by atoms with van der Waals surface area (Å²) in [6.45, 7) is 0. The molecule has 4 rings (SSSR count). The van der Waals surface area contributed by atoms with Crippen molar-refractivity contribution in [3.05, 3.63) is 82.7 Å². The van der Waals surface area contributed by atoms with Crippen LogP contribution in [-0.2, 0) is 0 Å². The van der Waals surface area contributed by atoms with E-state index in [1.165, 1.54) is 18.2 Å². The van der Waals surface area contributed by atoms with E-state index in [1.807, 2.05) is 30.3 Å². The van der Waals surface area contributed by atoms with Gasteiger partial charge in [0, 0.05) is 17.0 Å². The number of carbonyl (C=O) groups excluding carboxylic acids is 1. The molecule has 0 radical (unpaired) electrons. The van der Waals surface area contributed by atoms with Crippen molar-refractivity contribution in [3.63, 3.8) is 0 Å². The van der Waals surface area contributed by atoms with E-state index in [1.54, 1.807) is 18.2 Å². The van der Waals surface area contributed by atoms with Crippen molar-refractivity contribution in [1.82, 2.24) is 0 Å². The van der Waals surface area contributed by atoms with Crippen LogP contribution in [0.4, 0.5) is 5.69 Å². The lowest BCUT2D eigenvalue weighted by molar-refractivity contribution is 0.102. The zero-order valence-corrected chi connectivity index (χ0v) is 13.0. The number of carbonyl (C=O) groups is 1. The molecule has 5 nitrogen and oxygen atoms in total. The molecule has 1 aromatic heterocycles. The molecule has 0 aliphatic rings. The number of hydrogen-bond donors (Lipinski definition) is 2. The molecule has 25 heavy (non-hydrogen) atoms. The maximum atomic E-state index is 12.5. The van der Waals surface area contributed by atoms with Crippen LogP contribution < -0.4 is 10.9 Å². The van der Waals surface area contributed by atoms with Crippen LogP contribution in [0.25, 0.3) is 21.7 Å². The Labute approximate surface area is 142 Å². The van der Waals surface area contributed by atoms with Crippen LogP contribution in [-0.4, -0.2) is 11.0 Å². The third-order valence-corrected chi connectivity index (χ3v) is 3.98. The highest BCUT2D eigenvalue weighted by atomic mass is 16.4. The molecule has 0 unspecified atom stereocenters. The van der Waals surface area contributed by atoms with Gasteiger partial charge in [-0.2, -0.15) is 0 Å². The first-order valence-corrected chi connectivity index (χ1v) is 7.67. The summed E-state index contributed by atoms with van der Waals surface area (Å²) >= 11 is 0. The Balaban J connectivity index is 1.69. The third kappa shape index (κ3) is 2.83. The highest BCUT2D eigenvalue weighted by Crippen LogP contribution is 2.21. The Kier molecular flexibility index (Phi) is 3.47. The van der Waals surface area contributed by atoms with E-state index in [-0.39, 0.29) is 17.0 Å². The molecule has 2 N–H and O–H groups in total. The first-order chi connectivity index (χ1) is 12.1. The molecule has 0 bridgehead atoms. The largest absolute Gasteiger partial charge is 0.508 e. The second kappa shape index (κ2) is 5.79. The molecular weight excluding hydrogens is 318 g/mol. The van der Waals surface area contributed by atoms with Crippen molar-refractivity contribution in [2.75, 3.05) is 5.32 Å². The SMILES string of the molecule is O=C(Nc1cc2ccc(O)cc2oc1=O)c1ccc2ccccc2c1. The first kappa shape index (κ1) is 15.0. The Bertz CT molecular complexity index is 1180. The minimum absolute atomic E-state index is 0.00333. The number of anilines is 1. The van der Waals surface area contributed by atoms with Gasteiger partial charge < -0.3 is 14.8 Å². The highest BCUT2D eigenvalue weighted by molar-refractivity contribution is 6.06. The zero-order chi connectivity index (χ0) is 17.4. The van der Waals surface area contributed by atoms with Crippen molar-refractivity contribution in [2.24, 2.45) is 0 Å². The molecule has 0 saturated carbocycles. The molecular formula is C20H13NO4. The molecule has 3 aromatic carbocycles. The summed E-state index contributed by atoms with van der Waals surface area (Å²) < 4.78 is 5.15. The Hall–Kier alpha value is -3.60. The van der Waals surface area contributed by atoms with E-state index in [0.29, 0.717) is 10.9 Å². The van der Waals surface area contributed by atoms with Crippen molar-refractivity contribution in [2.45, 2.75) is 0 Å². The zero-order valence-electron chi connectivity index (χ0n) is 13.0. The van der Waals surface area contributed by atoms with Crippen LogP contribution in [0.3, 0.4) is 0 Å². The van der Waals surface area contributed by atoms with Crippen molar-refractivity contribution in [3.8, 4) is 5.75 Å². The quantitative estimate of drug-likeness (QED) is 0.546. The molecule has 0 atom stereocenters. The van der Waals surface area contributed by atoms with Crippen LogP contribution in [0.5, 0.6) is 5.75 Å². The van der Waals surface area contributed by atoms with Gasteiger partial charge in [-0.3, -0.25) is 4.79 Å². The van der Waals surface area contributed by atoms with Gasteiger partial charge in [0.2, 0.25) is 0 Å². The average molecular weight is 331 g/mol. The highest BCUT2D eigenvalue weighted by Gasteiger charge is 2.12. The summed E-state index contributed by atoms with van der Waals surface area (Å²) in [5.41, 5.74) is 0.0844. The summed E-state index contributed by atoms with van der Waals surface area (Å²) in [5, 5.41) is 14.6. The van der Waals surface area contributed by atoms with Gasteiger partial charge in [-0.05, 0) is 41.1 Å². The minimum atomic E-state index is -0.674. The van der Waals surface area contributed by atoms with Gasteiger partial charge in [-0.25, -0.2) is 4.79 Å². The number of benzene rings is 3. The van der Waals surface area contributed by atoms with E-state index >= 15 is 0 Å². The van der Waals surface area contributed by atoms with Crippen LogP contribution >= 0.6 is 0 Å². The van der Waals surface area contributed by atoms with Crippen LogP contribution in [0.2, 0.25) is 0 Å². The number of nitrogens with one attached hydrogen (secondary N) is 1. The smallest absolute Gasteiger partial charge is 0.360 e. The number of aromatic hydroxyl groups is 1. The number of hydrogen-bond acceptors (Lipinski definition) is 4. The first-order valence-electron chi connectivity index (χ1n) is 7.67. The molecule has 5 heteroatoms. The van der Waals surface area contributed by atoms with Gasteiger partial charge in [0.25, 0.3) is 5.91 Å². The average Bonchev–Trinajstić information content (AvgIpc) is 2.62. The number of rotatable bonds is 2. The number of phenols is 1. The molecule has 1 heterocycles. The van der Waals surface area contributed by atoms with Gasteiger partial charge in [-0.1, -0.05) is 30.3 Å². The molecule has 4 aromatic rings. The van der Waals surface area contributed by atoms with E-state index < -0.39 is 11.5 Å². The van der Waals surface area contributed by atoms with Gasteiger partial charge in [0.05, 0.1) is 0 Å². The summed E-state index contributed by atoms with van der Waals surface area (Å²) in [6, 6.07) is 19.0. The minimum Gasteiger partial charge on any atom is -0.508 e.